The van der Waals surface area contributed by atoms with Gasteiger partial charge in [-0.15, -0.1) is 0 Å². The van der Waals surface area contributed by atoms with E-state index in [2.05, 4.69) is 10.3 Å². The maximum absolute atomic E-state index is 13.1. The zero-order valence-corrected chi connectivity index (χ0v) is 14.6. The highest BCUT2D eigenvalue weighted by Gasteiger charge is 2.52. The number of nitrogens with zero attached hydrogens (tertiary/aromatic N) is 3. The lowest BCUT2D eigenvalue weighted by atomic mass is 9.77. The number of rotatable bonds is 4. The number of fused-ring (bicyclic) bond motifs is 1. The number of aliphatic imine (C=N–C) groups is 1. The molecule has 128 valence electrons. The van der Waals surface area contributed by atoms with Gasteiger partial charge in [0, 0.05) is 10.7 Å². The van der Waals surface area contributed by atoms with Crippen LogP contribution in [0.2, 0.25) is 5.02 Å². The minimum absolute atomic E-state index is 0.166. The Balaban J connectivity index is 1.91. The first kappa shape index (κ1) is 16.8. The van der Waals surface area contributed by atoms with E-state index in [9.17, 15) is 9.59 Å². The molecule has 0 radical (unpaired) electrons. The Hall–Kier alpha value is -2.08. The Bertz CT molecular complexity index is 706. The van der Waals surface area contributed by atoms with Crippen LogP contribution in [0.15, 0.2) is 29.3 Å². The van der Waals surface area contributed by atoms with Gasteiger partial charge < -0.3 is 4.90 Å². The summed E-state index contributed by atoms with van der Waals surface area (Å²) in [6.07, 6.45) is 1.78. The molecule has 24 heavy (non-hydrogen) atoms. The average Bonchev–Trinajstić information content (AvgIpc) is 2.58. The van der Waals surface area contributed by atoms with E-state index in [1.807, 2.05) is 36.9 Å². The van der Waals surface area contributed by atoms with E-state index in [-0.39, 0.29) is 11.8 Å². The normalized spacial score (nSPS) is 23.7. The largest absolute Gasteiger partial charge is 0.334 e. The molecule has 0 spiro atoms. The smallest absolute Gasteiger partial charge is 0.246 e. The Morgan fingerprint density at radius 1 is 1.33 bits per heavy atom. The minimum Gasteiger partial charge on any atom is -0.334 e. The summed E-state index contributed by atoms with van der Waals surface area (Å²) in [5.41, 5.74) is -0.0990. The van der Waals surface area contributed by atoms with Crippen LogP contribution in [0, 0.1) is 5.41 Å². The fourth-order valence-corrected chi connectivity index (χ4v) is 3.52. The van der Waals surface area contributed by atoms with Gasteiger partial charge in [0.15, 0.2) is 0 Å². The molecule has 2 aliphatic rings. The molecule has 1 N–H and O–H groups in total. The van der Waals surface area contributed by atoms with Gasteiger partial charge in [0.1, 0.15) is 18.8 Å². The Morgan fingerprint density at radius 3 is 2.79 bits per heavy atom. The second kappa shape index (κ2) is 6.43. The van der Waals surface area contributed by atoms with Gasteiger partial charge in [-0.25, -0.2) is 4.99 Å². The van der Waals surface area contributed by atoms with Gasteiger partial charge in [0.05, 0.1) is 0 Å². The van der Waals surface area contributed by atoms with Crippen LogP contribution in [0.25, 0.3) is 0 Å². The predicted molar refractivity (Wildman–Crippen MR) is 93.7 cm³/mol. The molecule has 1 saturated heterocycles. The Labute approximate surface area is 146 Å². The number of hydrogen-bond donors (Lipinski definition) is 1. The van der Waals surface area contributed by atoms with E-state index in [0.29, 0.717) is 37.2 Å². The summed E-state index contributed by atoms with van der Waals surface area (Å²) in [6.45, 7) is 4.58. The second-order valence-electron chi connectivity index (χ2n) is 6.16. The van der Waals surface area contributed by atoms with Gasteiger partial charge in [0.25, 0.3) is 0 Å². The zero-order chi connectivity index (χ0) is 17.3. The van der Waals surface area contributed by atoms with Crippen molar-refractivity contribution in [2.75, 3.05) is 18.2 Å². The number of benzene rings is 1. The van der Waals surface area contributed by atoms with Gasteiger partial charge in [-0.1, -0.05) is 37.9 Å². The van der Waals surface area contributed by atoms with E-state index in [4.69, 9.17) is 11.6 Å². The third-order valence-corrected chi connectivity index (χ3v) is 4.96. The molecule has 2 amide bonds. The topological polar surface area (TPSA) is 65.0 Å². The predicted octanol–water partition coefficient (Wildman–Crippen LogP) is 2.59. The molecule has 7 heteroatoms. The van der Waals surface area contributed by atoms with Gasteiger partial charge >= 0.3 is 0 Å². The molecule has 1 unspecified atom stereocenters. The van der Waals surface area contributed by atoms with Crippen molar-refractivity contribution in [2.45, 2.75) is 33.1 Å². The molecule has 0 aliphatic carbocycles. The third kappa shape index (κ3) is 2.65. The van der Waals surface area contributed by atoms with Crippen molar-refractivity contribution in [3.63, 3.8) is 0 Å². The van der Waals surface area contributed by atoms with Gasteiger partial charge in [-0.2, -0.15) is 0 Å². The molecule has 1 aromatic rings. The van der Waals surface area contributed by atoms with Crippen LogP contribution in [0.1, 0.15) is 33.1 Å². The fraction of sp³-hybridized carbons (Fsp3) is 0.471. The van der Waals surface area contributed by atoms with E-state index < -0.39 is 5.41 Å². The summed E-state index contributed by atoms with van der Waals surface area (Å²) < 4.78 is 0. The first-order chi connectivity index (χ1) is 11.5. The number of anilines is 1. The summed E-state index contributed by atoms with van der Waals surface area (Å²) in [5.74, 6) is -0.0485. The molecule has 0 saturated carbocycles. The average molecular weight is 349 g/mol. The molecule has 1 aromatic carbocycles. The van der Waals surface area contributed by atoms with Crippen molar-refractivity contribution in [1.29, 1.82) is 0 Å². The van der Waals surface area contributed by atoms with E-state index >= 15 is 0 Å². The van der Waals surface area contributed by atoms with Crippen LogP contribution in [-0.4, -0.2) is 36.0 Å². The van der Waals surface area contributed by atoms with Gasteiger partial charge in [-0.05, 0) is 31.0 Å². The van der Waals surface area contributed by atoms with Gasteiger partial charge in [0.2, 0.25) is 17.8 Å². The van der Waals surface area contributed by atoms with Crippen LogP contribution < -0.4 is 10.2 Å². The molecular weight excluding hydrogens is 328 g/mol. The minimum atomic E-state index is -0.995. The number of hydrogen-bond acceptors (Lipinski definition) is 4. The maximum Gasteiger partial charge on any atom is 0.246 e. The second-order valence-corrected chi connectivity index (χ2v) is 6.59. The van der Waals surface area contributed by atoms with Crippen LogP contribution in [-0.2, 0) is 9.59 Å². The standard InChI is InChI=1S/C17H21ClN4O2/c1-3-8-17(4-2)14(23)20-16-19-10-21(11-22(16)15(17)24)13-7-5-6-12(18)9-13/h5-7,9H,3-4,8,10-11H2,1-2H3,(H,19,20,23). The number of carbonyl (C=O) groups excluding carboxylic acids is 2. The van der Waals surface area contributed by atoms with Crippen LogP contribution in [0.4, 0.5) is 5.69 Å². The first-order valence-electron chi connectivity index (χ1n) is 8.20. The highest BCUT2D eigenvalue weighted by atomic mass is 35.5. The molecule has 1 atom stereocenters. The van der Waals surface area contributed by atoms with Crippen molar-refractivity contribution < 1.29 is 9.59 Å². The number of nitrogens with one attached hydrogen (secondary N) is 1. The summed E-state index contributed by atoms with van der Waals surface area (Å²) in [5, 5.41) is 3.46. The Kier molecular flexibility index (Phi) is 4.49. The summed E-state index contributed by atoms with van der Waals surface area (Å²) in [4.78, 5) is 33.5. The quantitative estimate of drug-likeness (QED) is 0.850. The van der Waals surface area contributed by atoms with Crippen molar-refractivity contribution in [3.8, 4) is 0 Å². The van der Waals surface area contributed by atoms with E-state index in [1.165, 1.54) is 0 Å². The fourth-order valence-electron chi connectivity index (χ4n) is 3.34. The van der Waals surface area contributed by atoms with Crippen LogP contribution in [0.5, 0.6) is 0 Å². The highest BCUT2D eigenvalue weighted by molar-refractivity contribution is 6.30. The lowest BCUT2D eigenvalue weighted by molar-refractivity contribution is -0.151. The number of guanidine groups is 1. The number of halogens is 1. The molecular formula is C17H21ClN4O2. The Morgan fingerprint density at radius 2 is 2.12 bits per heavy atom. The van der Waals surface area contributed by atoms with E-state index in [1.54, 1.807) is 11.0 Å². The van der Waals surface area contributed by atoms with E-state index in [0.717, 1.165) is 12.1 Å². The summed E-state index contributed by atoms with van der Waals surface area (Å²) >= 11 is 6.06. The molecule has 0 bridgehead atoms. The molecule has 0 aromatic heterocycles. The van der Waals surface area contributed by atoms with Crippen molar-refractivity contribution in [3.05, 3.63) is 29.3 Å². The zero-order valence-electron chi connectivity index (χ0n) is 13.9. The molecule has 3 rings (SSSR count). The number of carbonyl (C=O) groups is 2. The lowest BCUT2D eigenvalue weighted by Crippen LogP contribution is -2.67. The van der Waals surface area contributed by atoms with Crippen molar-refractivity contribution >= 4 is 35.1 Å². The SMILES string of the molecule is CCCC1(CC)C(=O)NC2=NCN(c3cccc(Cl)c3)CN2C1=O. The van der Waals surface area contributed by atoms with Crippen molar-refractivity contribution in [2.24, 2.45) is 10.4 Å². The summed E-state index contributed by atoms with van der Waals surface area (Å²) in [7, 11) is 0. The first-order valence-corrected chi connectivity index (χ1v) is 8.58. The lowest BCUT2D eigenvalue weighted by Gasteiger charge is -2.44. The summed E-state index contributed by atoms with van der Waals surface area (Å²) in [6, 6.07) is 7.44. The third-order valence-electron chi connectivity index (χ3n) is 4.73. The van der Waals surface area contributed by atoms with Crippen molar-refractivity contribution in [1.82, 2.24) is 10.2 Å². The number of amides is 2. The molecule has 6 nitrogen and oxygen atoms in total. The van der Waals surface area contributed by atoms with Gasteiger partial charge in [-0.3, -0.25) is 19.8 Å². The molecule has 2 heterocycles. The van der Waals surface area contributed by atoms with Crippen LogP contribution in [0.3, 0.4) is 0 Å². The van der Waals surface area contributed by atoms with Crippen LogP contribution >= 0.6 is 11.6 Å². The molecule has 2 aliphatic heterocycles. The molecule has 1 fully saturated rings. The monoisotopic (exact) mass is 348 g/mol. The maximum atomic E-state index is 13.1. The highest BCUT2D eigenvalue weighted by Crippen LogP contribution is 2.35.